The zero-order valence-electron chi connectivity index (χ0n) is 8.16. The van der Waals surface area contributed by atoms with Crippen LogP contribution in [-0.4, -0.2) is 11.7 Å². The van der Waals surface area contributed by atoms with Crippen molar-refractivity contribution in [3.63, 3.8) is 0 Å². The van der Waals surface area contributed by atoms with Crippen LogP contribution in [0.3, 0.4) is 0 Å². The Morgan fingerprint density at radius 1 is 1.57 bits per heavy atom. The minimum atomic E-state index is 0.600. The Kier molecular flexibility index (Phi) is 4.03. The van der Waals surface area contributed by atoms with Gasteiger partial charge in [-0.1, -0.05) is 25.0 Å². The zero-order valence-corrected chi connectivity index (χ0v) is 8.16. The first kappa shape index (κ1) is 10.6. The number of ether oxygens (including phenoxy) is 1. The Morgan fingerprint density at radius 3 is 2.93 bits per heavy atom. The molecule has 1 aromatic carbocycles. The van der Waals surface area contributed by atoms with Crippen molar-refractivity contribution in [1.29, 1.82) is 0 Å². The lowest BCUT2D eigenvalue weighted by atomic mass is 10.1. The maximum atomic E-state index is 8.92. The Hall–Kier alpha value is -1.46. The molecule has 0 aliphatic rings. The van der Waals surface area contributed by atoms with Gasteiger partial charge >= 0.3 is 0 Å². The third-order valence-electron chi connectivity index (χ3n) is 1.80. The second kappa shape index (κ2) is 5.31. The molecule has 1 radical (unpaired) electrons. The largest absolute Gasteiger partial charge is 0.492 e. The average molecular weight is 189 g/mol. The number of aliphatic hydroxyl groups is 1. The third-order valence-corrected chi connectivity index (χ3v) is 1.80. The molecule has 0 unspecified atom stereocenters. The molecule has 0 aliphatic heterocycles. The molecule has 0 aliphatic carbocycles. The van der Waals surface area contributed by atoms with Gasteiger partial charge < -0.3 is 9.84 Å². The van der Waals surface area contributed by atoms with Crippen molar-refractivity contribution in [2.75, 3.05) is 6.61 Å². The van der Waals surface area contributed by atoms with Gasteiger partial charge in [0.15, 0.2) is 0 Å². The van der Waals surface area contributed by atoms with Crippen molar-refractivity contribution < 1.29 is 9.84 Å². The fraction of sp³-hybridized carbons (Fsp3) is 0.250. The quantitative estimate of drug-likeness (QED) is 0.737. The van der Waals surface area contributed by atoms with E-state index in [9.17, 15) is 0 Å². The molecule has 1 rings (SSSR count). The molecule has 0 saturated carbocycles. The van der Waals surface area contributed by atoms with Crippen LogP contribution >= 0.6 is 0 Å². The van der Waals surface area contributed by atoms with Gasteiger partial charge in [-0.25, -0.2) is 0 Å². The molecule has 0 atom stereocenters. The first-order valence-electron chi connectivity index (χ1n) is 4.53. The summed E-state index contributed by atoms with van der Waals surface area (Å²) < 4.78 is 5.45. The minimum Gasteiger partial charge on any atom is -0.492 e. The van der Waals surface area contributed by atoms with Crippen LogP contribution in [0.4, 0.5) is 0 Å². The van der Waals surface area contributed by atoms with Crippen molar-refractivity contribution >= 4 is 0 Å². The molecular formula is C12H13O2. The predicted octanol–water partition coefficient (Wildman–Crippen LogP) is 2.34. The summed E-state index contributed by atoms with van der Waals surface area (Å²) in [6.07, 6.45) is 6.27. The molecule has 73 valence electrons. The number of rotatable bonds is 4. The summed E-state index contributed by atoms with van der Waals surface area (Å²) in [5.74, 6) is 3.16. The van der Waals surface area contributed by atoms with E-state index in [-0.39, 0.29) is 0 Å². The van der Waals surface area contributed by atoms with Crippen molar-refractivity contribution in [3.8, 4) is 18.1 Å². The van der Waals surface area contributed by atoms with Crippen LogP contribution < -0.4 is 4.74 Å². The fourth-order valence-electron chi connectivity index (χ4n) is 1.14. The van der Waals surface area contributed by atoms with Crippen molar-refractivity contribution in [2.45, 2.75) is 13.3 Å². The Labute approximate surface area is 84.5 Å². The molecule has 1 aromatic rings. The van der Waals surface area contributed by atoms with Gasteiger partial charge in [-0.15, -0.1) is 6.42 Å². The maximum absolute atomic E-state index is 8.92. The van der Waals surface area contributed by atoms with E-state index in [4.69, 9.17) is 16.3 Å². The average Bonchev–Trinajstić information content (AvgIpc) is 2.25. The van der Waals surface area contributed by atoms with E-state index in [2.05, 4.69) is 5.92 Å². The smallest absolute Gasteiger partial charge is 0.135 e. The summed E-state index contributed by atoms with van der Waals surface area (Å²) in [4.78, 5) is 0. The van der Waals surface area contributed by atoms with Crippen LogP contribution in [0, 0.1) is 19.0 Å². The van der Waals surface area contributed by atoms with Crippen LogP contribution in [0.15, 0.2) is 18.2 Å². The highest BCUT2D eigenvalue weighted by Crippen LogP contribution is 2.22. The van der Waals surface area contributed by atoms with Gasteiger partial charge in [0.25, 0.3) is 0 Å². The Bertz CT molecular complexity index is 337. The molecule has 0 saturated heterocycles. The molecular weight excluding hydrogens is 176 g/mol. The summed E-state index contributed by atoms with van der Waals surface area (Å²) in [6, 6.07) is 5.35. The van der Waals surface area contributed by atoms with E-state index < -0.39 is 0 Å². The lowest BCUT2D eigenvalue weighted by molar-refractivity contribution is 0.315. The molecule has 2 nitrogen and oxygen atoms in total. The molecule has 0 amide bonds. The third kappa shape index (κ3) is 2.27. The Balaban J connectivity index is 2.98. The van der Waals surface area contributed by atoms with Gasteiger partial charge in [0.1, 0.15) is 12.4 Å². The first-order valence-corrected chi connectivity index (χ1v) is 4.53. The fourth-order valence-corrected chi connectivity index (χ4v) is 1.14. The highest BCUT2D eigenvalue weighted by atomic mass is 16.5. The van der Waals surface area contributed by atoms with Crippen molar-refractivity contribution in [3.05, 3.63) is 35.9 Å². The number of benzene rings is 1. The van der Waals surface area contributed by atoms with Gasteiger partial charge in [0.2, 0.25) is 0 Å². The summed E-state index contributed by atoms with van der Waals surface area (Å²) in [6.45, 7) is 3.65. The number of hydrogen-bond donors (Lipinski definition) is 1. The number of aliphatic hydroxyl groups excluding tert-OH is 1. The highest BCUT2D eigenvalue weighted by molar-refractivity contribution is 5.52. The van der Waals surface area contributed by atoms with Gasteiger partial charge in [0.05, 0.1) is 12.2 Å². The van der Waals surface area contributed by atoms with E-state index in [1.165, 1.54) is 0 Å². The topological polar surface area (TPSA) is 29.5 Å². The molecule has 14 heavy (non-hydrogen) atoms. The van der Waals surface area contributed by atoms with E-state index in [1.807, 2.05) is 6.92 Å². The zero-order chi connectivity index (χ0) is 10.4. The summed E-state index contributed by atoms with van der Waals surface area (Å²) in [7, 11) is 0. The SMILES string of the molecule is C#Cc1c([CH]O)cccc1OCCC. The molecule has 0 spiro atoms. The second-order valence-electron chi connectivity index (χ2n) is 2.84. The predicted molar refractivity (Wildman–Crippen MR) is 55.5 cm³/mol. The monoisotopic (exact) mass is 189 g/mol. The Morgan fingerprint density at radius 2 is 2.36 bits per heavy atom. The first-order chi connectivity index (χ1) is 6.83. The van der Waals surface area contributed by atoms with Crippen LogP contribution in [0.2, 0.25) is 0 Å². The molecule has 0 fully saturated rings. The van der Waals surface area contributed by atoms with E-state index in [0.29, 0.717) is 23.5 Å². The molecule has 0 aromatic heterocycles. The second-order valence-corrected chi connectivity index (χ2v) is 2.84. The van der Waals surface area contributed by atoms with E-state index in [1.54, 1.807) is 18.2 Å². The summed E-state index contributed by atoms with van der Waals surface area (Å²) in [5, 5.41) is 8.92. The lowest BCUT2D eigenvalue weighted by Gasteiger charge is -2.09. The molecule has 0 heterocycles. The normalized spacial score (nSPS) is 9.50. The standard InChI is InChI=1S/C12H13O2/c1-3-8-14-12-7-5-6-10(9-13)11(12)4-2/h2,5-7,9,13H,3,8H2,1H3. The summed E-state index contributed by atoms with van der Waals surface area (Å²) in [5.41, 5.74) is 1.21. The van der Waals surface area contributed by atoms with Gasteiger partial charge in [0, 0.05) is 5.56 Å². The van der Waals surface area contributed by atoms with Gasteiger partial charge in [-0.3, -0.25) is 0 Å². The molecule has 0 bridgehead atoms. The van der Waals surface area contributed by atoms with Crippen LogP contribution in [0.1, 0.15) is 24.5 Å². The van der Waals surface area contributed by atoms with E-state index >= 15 is 0 Å². The minimum absolute atomic E-state index is 0.600. The highest BCUT2D eigenvalue weighted by Gasteiger charge is 2.05. The number of terminal acetylenes is 1. The van der Waals surface area contributed by atoms with Crippen LogP contribution in [0.25, 0.3) is 0 Å². The van der Waals surface area contributed by atoms with Gasteiger partial charge in [-0.05, 0) is 12.5 Å². The van der Waals surface area contributed by atoms with Crippen molar-refractivity contribution in [2.24, 2.45) is 0 Å². The maximum Gasteiger partial charge on any atom is 0.135 e. The van der Waals surface area contributed by atoms with Crippen LogP contribution in [0.5, 0.6) is 5.75 Å². The lowest BCUT2D eigenvalue weighted by Crippen LogP contribution is -1.99. The molecule has 1 N–H and O–H groups in total. The number of hydrogen-bond acceptors (Lipinski definition) is 2. The van der Waals surface area contributed by atoms with Crippen LogP contribution in [-0.2, 0) is 0 Å². The van der Waals surface area contributed by atoms with Gasteiger partial charge in [-0.2, -0.15) is 0 Å². The molecule has 2 heteroatoms. The summed E-state index contributed by atoms with van der Waals surface area (Å²) >= 11 is 0. The van der Waals surface area contributed by atoms with Crippen molar-refractivity contribution in [1.82, 2.24) is 0 Å². The van der Waals surface area contributed by atoms with E-state index in [0.717, 1.165) is 13.0 Å².